The molecule has 2 aromatic carbocycles. The lowest BCUT2D eigenvalue weighted by atomic mass is 10.2. The third kappa shape index (κ3) is 6.57. The maximum absolute atomic E-state index is 12.4. The number of benzene rings is 2. The molecule has 0 aliphatic rings. The third-order valence-electron chi connectivity index (χ3n) is 3.82. The molecule has 0 aliphatic carbocycles. The summed E-state index contributed by atoms with van der Waals surface area (Å²) < 4.78 is 40.9. The minimum atomic E-state index is -3.93. The third-order valence-corrected chi connectivity index (χ3v) is 5.06. The Labute approximate surface area is 181 Å². The number of nitro benzene ring substituents is 1. The molecule has 168 valence electrons. The van der Waals surface area contributed by atoms with Crippen molar-refractivity contribution < 1.29 is 27.6 Å². The van der Waals surface area contributed by atoms with Crippen LogP contribution in [0.4, 0.5) is 5.69 Å². The number of ether oxygens (including phenoxy) is 3. The molecule has 11 heteroatoms. The van der Waals surface area contributed by atoms with Crippen molar-refractivity contribution in [3.8, 4) is 17.2 Å². The zero-order valence-corrected chi connectivity index (χ0v) is 18.5. The first-order valence-corrected chi connectivity index (χ1v) is 11.0. The van der Waals surface area contributed by atoms with Gasteiger partial charge in [0.2, 0.25) is 5.75 Å². The standard InChI is InChI=1S/C20H25N3O7S/c1-5-10-29-20-18(23(24)25)11-15(12-19(20)28-4)13-21-22-31(26,27)17-8-6-16(7-9-17)30-14(2)3/h6-9,11-14,22H,5,10H2,1-4H3/b21-13+. The number of nitrogens with zero attached hydrogens (tertiary/aromatic N) is 2. The second-order valence-corrected chi connectivity index (χ2v) is 8.33. The van der Waals surface area contributed by atoms with E-state index in [1.807, 2.05) is 20.8 Å². The molecule has 0 bridgehead atoms. The molecule has 10 nitrogen and oxygen atoms in total. The van der Waals surface area contributed by atoms with Crippen molar-refractivity contribution in [1.29, 1.82) is 0 Å². The van der Waals surface area contributed by atoms with Crippen LogP contribution >= 0.6 is 0 Å². The molecule has 0 amide bonds. The van der Waals surface area contributed by atoms with Crippen LogP contribution in [0.25, 0.3) is 0 Å². The van der Waals surface area contributed by atoms with Crippen LogP contribution in [0.5, 0.6) is 17.2 Å². The van der Waals surface area contributed by atoms with Gasteiger partial charge in [-0.1, -0.05) is 6.92 Å². The van der Waals surface area contributed by atoms with Gasteiger partial charge in [0.05, 0.1) is 35.9 Å². The van der Waals surface area contributed by atoms with E-state index in [4.69, 9.17) is 14.2 Å². The van der Waals surface area contributed by atoms with Gasteiger partial charge in [-0.05, 0) is 50.6 Å². The fourth-order valence-electron chi connectivity index (χ4n) is 2.51. The van der Waals surface area contributed by atoms with E-state index in [0.717, 1.165) is 6.21 Å². The van der Waals surface area contributed by atoms with E-state index >= 15 is 0 Å². The predicted molar refractivity (Wildman–Crippen MR) is 116 cm³/mol. The van der Waals surface area contributed by atoms with E-state index < -0.39 is 14.9 Å². The van der Waals surface area contributed by atoms with Crippen LogP contribution in [0.15, 0.2) is 46.4 Å². The number of hydrazone groups is 1. The highest BCUT2D eigenvalue weighted by molar-refractivity contribution is 7.89. The Morgan fingerprint density at radius 3 is 2.45 bits per heavy atom. The monoisotopic (exact) mass is 451 g/mol. The molecule has 2 aromatic rings. The summed E-state index contributed by atoms with van der Waals surface area (Å²) in [5.41, 5.74) is -0.0476. The number of nitrogens with one attached hydrogen (secondary N) is 1. The summed E-state index contributed by atoms with van der Waals surface area (Å²) in [4.78, 5) is 12.9. The molecule has 0 aliphatic heterocycles. The summed E-state index contributed by atoms with van der Waals surface area (Å²) >= 11 is 0. The largest absolute Gasteiger partial charge is 0.493 e. The van der Waals surface area contributed by atoms with Gasteiger partial charge >= 0.3 is 5.69 Å². The summed E-state index contributed by atoms with van der Waals surface area (Å²) in [5, 5.41) is 15.1. The molecule has 0 aromatic heterocycles. The van der Waals surface area contributed by atoms with Gasteiger partial charge in [0.15, 0.2) is 5.75 Å². The van der Waals surface area contributed by atoms with E-state index in [9.17, 15) is 18.5 Å². The second-order valence-electron chi connectivity index (χ2n) is 6.67. The van der Waals surface area contributed by atoms with E-state index in [2.05, 4.69) is 9.93 Å². The Kier molecular flexibility index (Phi) is 8.20. The smallest absolute Gasteiger partial charge is 0.315 e. The van der Waals surface area contributed by atoms with Gasteiger partial charge in [-0.2, -0.15) is 13.5 Å². The van der Waals surface area contributed by atoms with Crippen molar-refractivity contribution in [1.82, 2.24) is 4.83 Å². The van der Waals surface area contributed by atoms with E-state index in [1.54, 1.807) is 12.1 Å². The fraction of sp³-hybridized carbons (Fsp3) is 0.350. The van der Waals surface area contributed by atoms with Gasteiger partial charge in [-0.15, -0.1) is 0 Å². The number of hydrogen-bond acceptors (Lipinski definition) is 8. The zero-order valence-electron chi connectivity index (χ0n) is 17.7. The predicted octanol–water partition coefficient (Wildman–Crippen LogP) is 3.49. The van der Waals surface area contributed by atoms with Crippen LogP contribution in [0.1, 0.15) is 32.8 Å². The van der Waals surface area contributed by atoms with E-state index in [-0.39, 0.29) is 40.4 Å². The van der Waals surface area contributed by atoms with Gasteiger partial charge in [-0.3, -0.25) is 10.1 Å². The van der Waals surface area contributed by atoms with Gasteiger partial charge in [0.1, 0.15) is 5.75 Å². The van der Waals surface area contributed by atoms with Crippen LogP contribution in [0.2, 0.25) is 0 Å². The molecule has 0 heterocycles. The van der Waals surface area contributed by atoms with Crippen LogP contribution in [0.3, 0.4) is 0 Å². The summed E-state index contributed by atoms with van der Waals surface area (Å²) in [6.45, 7) is 5.88. The number of nitro groups is 1. The van der Waals surface area contributed by atoms with Crippen molar-refractivity contribution in [3.63, 3.8) is 0 Å². The highest BCUT2D eigenvalue weighted by Gasteiger charge is 2.22. The molecule has 0 radical (unpaired) electrons. The first-order chi connectivity index (χ1) is 14.7. The highest BCUT2D eigenvalue weighted by atomic mass is 32.2. The van der Waals surface area contributed by atoms with E-state index in [0.29, 0.717) is 12.2 Å². The maximum atomic E-state index is 12.4. The summed E-state index contributed by atoms with van der Waals surface area (Å²) in [7, 11) is -2.58. The molecule has 1 N–H and O–H groups in total. The van der Waals surface area contributed by atoms with Gasteiger partial charge in [-0.25, -0.2) is 4.83 Å². The van der Waals surface area contributed by atoms with Crippen LogP contribution < -0.4 is 19.0 Å². The quantitative estimate of drug-likeness (QED) is 0.314. The first kappa shape index (κ1) is 23.9. The normalized spacial score (nSPS) is 11.5. The molecular formula is C20H25N3O7S. The Morgan fingerprint density at radius 1 is 1.23 bits per heavy atom. The topological polar surface area (TPSA) is 129 Å². The average Bonchev–Trinajstić information content (AvgIpc) is 2.71. The molecule has 0 fully saturated rings. The molecular weight excluding hydrogens is 426 g/mol. The lowest BCUT2D eigenvalue weighted by Gasteiger charge is -2.11. The van der Waals surface area contributed by atoms with E-state index in [1.165, 1.54) is 31.4 Å². The van der Waals surface area contributed by atoms with Crippen molar-refractivity contribution in [2.75, 3.05) is 13.7 Å². The van der Waals surface area contributed by atoms with Crippen molar-refractivity contribution in [3.05, 3.63) is 52.1 Å². The zero-order chi connectivity index (χ0) is 23.0. The average molecular weight is 452 g/mol. The number of rotatable bonds is 11. The van der Waals surface area contributed by atoms with Crippen LogP contribution in [-0.4, -0.2) is 39.4 Å². The highest BCUT2D eigenvalue weighted by Crippen LogP contribution is 2.38. The molecule has 0 unspecified atom stereocenters. The second kappa shape index (κ2) is 10.6. The summed E-state index contributed by atoms with van der Waals surface area (Å²) in [6, 6.07) is 8.56. The lowest BCUT2D eigenvalue weighted by molar-refractivity contribution is -0.386. The van der Waals surface area contributed by atoms with Gasteiger partial charge in [0, 0.05) is 11.6 Å². The molecule has 0 atom stereocenters. The maximum Gasteiger partial charge on any atom is 0.315 e. The summed E-state index contributed by atoms with van der Waals surface area (Å²) in [5.74, 6) is 0.700. The number of sulfonamides is 1. The lowest BCUT2D eigenvalue weighted by Crippen LogP contribution is -2.18. The Balaban J connectivity index is 2.22. The Bertz CT molecular complexity index is 1040. The van der Waals surface area contributed by atoms with Crippen LogP contribution in [0, 0.1) is 10.1 Å². The minimum absolute atomic E-state index is 0.00682. The Hall–Kier alpha value is -3.34. The fourth-order valence-corrected chi connectivity index (χ4v) is 3.30. The Morgan fingerprint density at radius 2 is 1.90 bits per heavy atom. The number of hydrogen-bond donors (Lipinski definition) is 1. The van der Waals surface area contributed by atoms with Crippen molar-refractivity contribution in [2.45, 2.75) is 38.2 Å². The minimum Gasteiger partial charge on any atom is -0.493 e. The van der Waals surface area contributed by atoms with Crippen LogP contribution in [-0.2, 0) is 10.0 Å². The SMILES string of the molecule is CCCOc1c(OC)cc(/C=N/NS(=O)(=O)c2ccc(OC(C)C)cc2)cc1[N+](=O)[O-]. The summed E-state index contributed by atoms with van der Waals surface area (Å²) in [6.07, 6.45) is 1.77. The van der Waals surface area contributed by atoms with Gasteiger partial charge < -0.3 is 14.2 Å². The van der Waals surface area contributed by atoms with Crippen molar-refractivity contribution in [2.24, 2.45) is 5.10 Å². The molecule has 0 saturated carbocycles. The molecule has 31 heavy (non-hydrogen) atoms. The molecule has 0 spiro atoms. The molecule has 0 saturated heterocycles. The molecule has 2 rings (SSSR count). The number of methoxy groups -OCH3 is 1. The van der Waals surface area contributed by atoms with Gasteiger partial charge in [0.25, 0.3) is 10.0 Å². The first-order valence-electron chi connectivity index (χ1n) is 9.48. The van der Waals surface area contributed by atoms with Crippen molar-refractivity contribution >= 4 is 21.9 Å².